The monoisotopic (exact) mass is 523 g/mol. The molecule has 202 valence electrons. The smallest absolute Gasteiger partial charge is 0.214 e. The zero-order chi connectivity index (χ0) is 26.2. The second-order valence-corrected chi connectivity index (χ2v) is 11.0. The number of fused-ring (bicyclic) bond motifs is 1. The molecule has 0 bridgehead atoms. The molecule has 7 nitrogen and oxygen atoms in total. The maximum absolute atomic E-state index is 14.3. The van der Waals surface area contributed by atoms with E-state index in [4.69, 9.17) is 24.4 Å². The van der Waals surface area contributed by atoms with Gasteiger partial charge in [0.1, 0.15) is 24.1 Å². The van der Waals surface area contributed by atoms with Crippen LogP contribution >= 0.6 is 0 Å². The largest absolute Gasteiger partial charge is 0.488 e. The molecule has 2 fully saturated rings. The van der Waals surface area contributed by atoms with Crippen LogP contribution in [0.15, 0.2) is 41.9 Å². The molecule has 0 radical (unpaired) electrons. The predicted octanol–water partition coefficient (Wildman–Crippen LogP) is 5.17. The van der Waals surface area contributed by atoms with E-state index in [-0.39, 0.29) is 18.0 Å². The van der Waals surface area contributed by atoms with Crippen molar-refractivity contribution in [1.82, 2.24) is 19.9 Å². The number of piperidine rings is 1. The number of allylic oxidation sites excluding steroid dienone is 3. The second kappa shape index (κ2) is 10.6. The summed E-state index contributed by atoms with van der Waals surface area (Å²) in [4.78, 5) is 19.6. The number of anilines is 1. The number of ether oxygens (including phenoxy) is 2. The van der Waals surface area contributed by atoms with E-state index in [9.17, 15) is 8.78 Å². The van der Waals surface area contributed by atoms with Crippen molar-refractivity contribution >= 4 is 5.82 Å². The highest BCUT2D eigenvalue weighted by Gasteiger charge is 2.30. The lowest BCUT2D eigenvalue weighted by atomic mass is 9.96. The van der Waals surface area contributed by atoms with Gasteiger partial charge in [0.25, 0.3) is 0 Å². The van der Waals surface area contributed by atoms with Crippen molar-refractivity contribution in [3.8, 4) is 17.3 Å². The molecular formula is C29H35F2N5O2. The van der Waals surface area contributed by atoms with Crippen molar-refractivity contribution in [2.45, 2.75) is 70.4 Å². The van der Waals surface area contributed by atoms with Gasteiger partial charge in [0, 0.05) is 57.4 Å². The van der Waals surface area contributed by atoms with E-state index in [1.807, 2.05) is 18.2 Å². The van der Waals surface area contributed by atoms with Gasteiger partial charge in [-0.2, -0.15) is 0 Å². The summed E-state index contributed by atoms with van der Waals surface area (Å²) in [6.07, 6.45) is 6.98. The fourth-order valence-corrected chi connectivity index (χ4v) is 5.36. The highest BCUT2D eigenvalue weighted by Crippen LogP contribution is 2.34. The van der Waals surface area contributed by atoms with Gasteiger partial charge in [0.05, 0.1) is 17.1 Å². The minimum atomic E-state index is -1.31. The Kier molecular flexibility index (Phi) is 7.03. The van der Waals surface area contributed by atoms with Gasteiger partial charge in [-0.3, -0.25) is 0 Å². The summed E-state index contributed by atoms with van der Waals surface area (Å²) in [5.74, 6) is 0.615. The van der Waals surface area contributed by atoms with Gasteiger partial charge in [0.2, 0.25) is 5.88 Å². The van der Waals surface area contributed by atoms with Crippen LogP contribution in [0.1, 0.15) is 50.4 Å². The van der Waals surface area contributed by atoms with Gasteiger partial charge in [-0.25, -0.2) is 23.7 Å². The van der Waals surface area contributed by atoms with Crippen LogP contribution in [0.2, 0.25) is 0 Å². The van der Waals surface area contributed by atoms with E-state index in [0.29, 0.717) is 31.8 Å². The third-order valence-corrected chi connectivity index (χ3v) is 7.98. The normalized spacial score (nSPS) is 24.8. The topological polar surface area (TPSA) is 63.6 Å². The lowest BCUT2D eigenvalue weighted by Gasteiger charge is -2.35. The average Bonchev–Trinajstić information content (AvgIpc) is 2.89. The van der Waals surface area contributed by atoms with Crippen LogP contribution in [0, 0.1) is 5.92 Å². The minimum Gasteiger partial charge on any atom is -0.488 e. The molecule has 1 saturated heterocycles. The molecule has 2 aromatic heterocycles. The summed E-state index contributed by atoms with van der Waals surface area (Å²) in [7, 11) is 2.10. The molecule has 1 unspecified atom stereocenters. The van der Waals surface area contributed by atoms with Crippen LogP contribution in [0.3, 0.4) is 0 Å². The Labute approximate surface area is 222 Å². The Bertz CT molecular complexity index is 1240. The number of aromatic nitrogens is 3. The fourth-order valence-electron chi connectivity index (χ4n) is 5.36. The summed E-state index contributed by atoms with van der Waals surface area (Å²) >= 11 is 0. The summed E-state index contributed by atoms with van der Waals surface area (Å²) in [6, 6.07) is 5.85. The van der Waals surface area contributed by atoms with Gasteiger partial charge in [-0.1, -0.05) is 13.0 Å². The highest BCUT2D eigenvalue weighted by atomic mass is 19.1. The van der Waals surface area contributed by atoms with Crippen LogP contribution in [-0.2, 0) is 17.7 Å². The number of hydrogen-bond donors (Lipinski definition) is 0. The van der Waals surface area contributed by atoms with Crippen molar-refractivity contribution < 1.29 is 18.3 Å². The van der Waals surface area contributed by atoms with Crippen LogP contribution in [-0.4, -0.2) is 64.9 Å². The predicted molar refractivity (Wildman–Crippen MR) is 141 cm³/mol. The van der Waals surface area contributed by atoms with E-state index in [1.165, 1.54) is 6.42 Å². The first kappa shape index (κ1) is 25.2. The Morgan fingerprint density at radius 3 is 2.47 bits per heavy atom. The first-order chi connectivity index (χ1) is 18.4. The van der Waals surface area contributed by atoms with Crippen molar-refractivity contribution in [2.75, 3.05) is 31.6 Å². The first-order valence-corrected chi connectivity index (χ1v) is 13.8. The minimum absolute atomic E-state index is 0.139. The number of pyridine rings is 1. The molecule has 2 aliphatic heterocycles. The Morgan fingerprint density at radius 1 is 0.921 bits per heavy atom. The molecule has 0 aromatic carbocycles. The number of alkyl halides is 1. The Hall–Kier alpha value is -3.07. The van der Waals surface area contributed by atoms with Gasteiger partial charge in [-0.15, -0.1) is 0 Å². The molecule has 0 N–H and O–H groups in total. The summed E-state index contributed by atoms with van der Waals surface area (Å²) in [5, 5.41) is 0. The van der Waals surface area contributed by atoms with Crippen LogP contribution in [0.4, 0.5) is 14.6 Å². The van der Waals surface area contributed by atoms with Crippen LogP contribution in [0.5, 0.6) is 5.88 Å². The fraction of sp³-hybridized carbons (Fsp3) is 0.552. The molecule has 9 heteroatoms. The third-order valence-electron chi connectivity index (χ3n) is 7.98. The van der Waals surface area contributed by atoms with E-state index < -0.39 is 17.9 Å². The summed E-state index contributed by atoms with van der Waals surface area (Å²) in [6.45, 7) is 4.84. The van der Waals surface area contributed by atoms with Crippen LogP contribution < -0.4 is 9.64 Å². The van der Waals surface area contributed by atoms with Gasteiger partial charge in [-0.05, 0) is 44.5 Å². The van der Waals surface area contributed by atoms with E-state index in [1.54, 1.807) is 13.0 Å². The summed E-state index contributed by atoms with van der Waals surface area (Å²) < 4.78 is 40.2. The molecule has 6 rings (SSSR count). The molecule has 2 atom stereocenters. The van der Waals surface area contributed by atoms with Crippen LogP contribution in [0.25, 0.3) is 11.4 Å². The second-order valence-electron chi connectivity index (χ2n) is 11.0. The van der Waals surface area contributed by atoms with E-state index in [0.717, 1.165) is 67.0 Å². The van der Waals surface area contributed by atoms with Crippen molar-refractivity contribution in [3.05, 3.63) is 53.3 Å². The number of hydrogen-bond acceptors (Lipinski definition) is 7. The van der Waals surface area contributed by atoms with Crippen molar-refractivity contribution in [1.29, 1.82) is 0 Å². The number of rotatable bonds is 6. The lowest BCUT2D eigenvalue weighted by Crippen LogP contribution is -2.39. The molecule has 1 saturated carbocycles. The Morgan fingerprint density at radius 2 is 1.71 bits per heavy atom. The molecule has 38 heavy (non-hydrogen) atoms. The molecule has 2 aromatic rings. The maximum Gasteiger partial charge on any atom is 0.214 e. The van der Waals surface area contributed by atoms with Gasteiger partial charge in [0.15, 0.2) is 17.4 Å². The van der Waals surface area contributed by atoms with E-state index >= 15 is 0 Å². The zero-order valence-electron chi connectivity index (χ0n) is 22.1. The summed E-state index contributed by atoms with van der Waals surface area (Å²) in [5.41, 5.74) is 3.56. The average molecular weight is 524 g/mol. The number of halogens is 2. The highest BCUT2D eigenvalue weighted by molar-refractivity contribution is 5.70. The number of nitrogens with zero attached hydrogens (tertiary/aromatic N) is 5. The Balaban J connectivity index is 1.23. The van der Waals surface area contributed by atoms with Gasteiger partial charge < -0.3 is 19.3 Å². The lowest BCUT2D eigenvalue weighted by molar-refractivity contribution is 0.0885. The standard InChI is InChI=1S/C29H35F2N5O2/c1-18-15-26(22(31)16-21(18)30)37-20-9-13-36(14-10-20)29-28(33-25-17-35(2)12-11-23(25)34-29)24-7-4-8-27(32-24)38-19-5-3-6-19/h4,7-8,15-16,18-21H,3,5-6,9-14,17H2,1-2H3/t18?,21-/m0/s1. The first-order valence-electron chi connectivity index (χ1n) is 13.8. The molecule has 0 amide bonds. The molecular weight excluding hydrogens is 488 g/mol. The quantitative estimate of drug-likeness (QED) is 0.518. The zero-order valence-corrected chi connectivity index (χ0v) is 22.1. The number of likely N-dealkylation sites (N-methyl/N-ethyl adjacent to an activating group) is 1. The molecule has 4 aliphatic rings. The molecule has 0 spiro atoms. The SMILES string of the molecule is CC1C=C(OC2CCN(c3nc4c(nc3-c3cccc(OC5CCC5)n3)CN(C)CC4)CC2)C(F)=C[C@@H]1F. The van der Waals surface area contributed by atoms with Crippen molar-refractivity contribution in [2.24, 2.45) is 5.92 Å². The molecule has 2 aliphatic carbocycles. The van der Waals surface area contributed by atoms with Gasteiger partial charge >= 0.3 is 0 Å². The van der Waals surface area contributed by atoms with E-state index in [2.05, 4.69) is 16.8 Å². The molecule has 4 heterocycles. The van der Waals surface area contributed by atoms with Crippen molar-refractivity contribution in [3.63, 3.8) is 0 Å². The maximum atomic E-state index is 14.3. The third kappa shape index (κ3) is 5.25.